The van der Waals surface area contributed by atoms with E-state index in [9.17, 15) is 4.79 Å². The van der Waals surface area contributed by atoms with E-state index >= 15 is 0 Å². The van der Waals surface area contributed by atoms with Crippen molar-refractivity contribution in [3.05, 3.63) is 29.8 Å². The lowest BCUT2D eigenvalue weighted by Gasteiger charge is -2.67. The third-order valence-electron chi connectivity index (χ3n) is 8.78. The molecule has 1 amide bonds. The van der Waals surface area contributed by atoms with Gasteiger partial charge in [-0.2, -0.15) is 9.78 Å². The number of hydrogen-bond acceptors (Lipinski definition) is 6. The topological polar surface area (TPSA) is 92.0 Å². The normalized spacial score (nSPS) is 42.0. The van der Waals surface area contributed by atoms with Crippen molar-refractivity contribution in [2.75, 3.05) is 13.1 Å². The maximum absolute atomic E-state index is 11.7. The Labute approximate surface area is 189 Å². The molecule has 7 heteroatoms. The van der Waals surface area contributed by atoms with E-state index in [1.54, 1.807) is 0 Å². The van der Waals surface area contributed by atoms with Gasteiger partial charge in [0.05, 0.1) is 0 Å². The molecule has 6 fully saturated rings. The van der Waals surface area contributed by atoms with E-state index in [1.807, 2.05) is 24.3 Å². The van der Waals surface area contributed by atoms with Crippen LogP contribution < -0.4 is 15.8 Å². The van der Waals surface area contributed by atoms with E-state index in [0.29, 0.717) is 30.7 Å². The predicted molar refractivity (Wildman–Crippen MR) is 117 cm³/mol. The van der Waals surface area contributed by atoms with Crippen molar-refractivity contribution in [2.45, 2.75) is 81.7 Å². The molecule has 174 valence electrons. The lowest BCUT2D eigenvalue weighted by atomic mass is 9.43. The van der Waals surface area contributed by atoms with Crippen molar-refractivity contribution in [2.24, 2.45) is 23.0 Å². The van der Waals surface area contributed by atoms with Crippen molar-refractivity contribution in [1.82, 2.24) is 5.32 Å². The number of benzene rings is 1. The molecular formula is C25H34N2O5. The molecule has 1 aliphatic heterocycles. The zero-order chi connectivity index (χ0) is 21.8. The van der Waals surface area contributed by atoms with E-state index in [-0.39, 0.29) is 5.41 Å². The smallest absolute Gasteiger partial charge is 0.410 e. The van der Waals surface area contributed by atoms with Crippen LogP contribution in [-0.4, -0.2) is 30.8 Å². The fourth-order valence-corrected chi connectivity index (χ4v) is 7.45. The molecule has 3 bridgehead atoms. The van der Waals surface area contributed by atoms with E-state index in [1.165, 1.54) is 44.1 Å². The quantitative estimate of drug-likeness (QED) is 0.673. The van der Waals surface area contributed by atoms with Crippen molar-refractivity contribution < 1.29 is 24.0 Å². The Morgan fingerprint density at radius 1 is 1.09 bits per heavy atom. The minimum absolute atomic E-state index is 0.179. The lowest BCUT2D eigenvalue weighted by Crippen LogP contribution is -2.70. The standard InChI is InChI=1S/C25H34N2O5/c26-11-12-27-22(28)29-21-7-5-18(6-8-21)19-4-2-10-24(15-19)30-25(32-31-24)20-13-17-3-1-9-23(25,14-17)16-20/h5-8,17,19-20H,1-4,9-16,26H2,(H,27,28). The largest absolute Gasteiger partial charge is 0.412 e. The Hall–Kier alpha value is -1.67. The molecule has 1 heterocycles. The van der Waals surface area contributed by atoms with Crippen LogP contribution in [0.2, 0.25) is 0 Å². The second-order valence-corrected chi connectivity index (χ2v) is 10.7. The van der Waals surface area contributed by atoms with Crippen LogP contribution in [0.15, 0.2) is 24.3 Å². The fourth-order valence-electron chi connectivity index (χ4n) is 7.45. The number of ether oxygens (including phenoxy) is 2. The predicted octanol–water partition coefficient (Wildman–Crippen LogP) is 4.36. The molecule has 0 radical (unpaired) electrons. The van der Waals surface area contributed by atoms with E-state index in [2.05, 4.69) is 5.32 Å². The summed E-state index contributed by atoms with van der Waals surface area (Å²) in [7, 11) is 0. The molecule has 0 aromatic heterocycles. The van der Waals surface area contributed by atoms with Gasteiger partial charge in [0.25, 0.3) is 0 Å². The monoisotopic (exact) mass is 442 g/mol. The second kappa shape index (κ2) is 7.69. The number of hydrogen-bond donors (Lipinski definition) is 2. The summed E-state index contributed by atoms with van der Waals surface area (Å²) >= 11 is 0. The van der Waals surface area contributed by atoms with Crippen LogP contribution in [0.4, 0.5) is 4.79 Å². The maximum atomic E-state index is 11.7. The Morgan fingerprint density at radius 2 is 1.94 bits per heavy atom. The van der Waals surface area contributed by atoms with Crippen molar-refractivity contribution >= 4 is 6.09 Å². The van der Waals surface area contributed by atoms with Gasteiger partial charge in [-0.1, -0.05) is 25.0 Å². The summed E-state index contributed by atoms with van der Waals surface area (Å²) < 4.78 is 12.2. The summed E-state index contributed by atoms with van der Waals surface area (Å²) in [4.78, 5) is 24.1. The SMILES string of the molecule is NCCNC(=O)Oc1ccc(C2CCCC3(C2)OOC2(O3)C3CC4CCCC2(C4)C3)cc1. The highest BCUT2D eigenvalue weighted by molar-refractivity contribution is 5.70. The van der Waals surface area contributed by atoms with Crippen molar-refractivity contribution in [3.8, 4) is 5.75 Å². The van der Waals surface area contributed by atoms with Gasteiger partial charge in [-0.3, -0.25) is 0 Å². The molecule has 3 N–H and O–H groups in total. The molecule has 1 aromatic carbocycles. The highest BCUT2D eigenvalue weighted by Crippen LogP contribution is 2.73. The third-order valence-corrected chi connectivity index (χ3v) is 8.78. The maximum Gasteiger partial charge on any atom is 0.412 e. The summed E-state index contributed by atoms with van der Waals surface area (Å²) in [5, 5.41) is 2.61. The summed E-state index contributed by atoms with van der Waals surface area (Å²) in [6, 6.07) is 7.79. The highest BCUT2D eigenvalue weighted by atomic mass is 17.3. The average Bonchev–Trinajstić information content (AvgIpc) is 3.20. The van der Waals surface area contributed by atoms with Gasteiger partial charge in [-0.25, -0.2) is 4.79 Å². The molecule has 32 heavy (non-hydrogen) atoms. The Balaban J connectivity index is 1.13. The van der Waals surface area contributed by atoms with E-state index in [0.717, 1.165) is 31.6 Å². The van der Waals surface area contributed by atoms with Crippen molar-refractivity contribution in [1.29, 1.82) is 0 Å². The minimum atomic E-state index is -0.629. The number of nitrogens with two attached hydrogens (primary N) is 1. The number of carbonyl (C=O) groups excluding carboxylic acids is 1. The summed E-state index contributed by atoms with van der Waals surface area (Å²) in [6.45, 7) is 0.780. The van der Waals surface area contributed by atoms with Gasteiger partial charge in [0, 0.05) is 37.3 Å². The van der Waals surface area contributed by atoms with Crippen molar-refractivity contribution in [3.63, 3.8) is 0 Å². The highest BCUT2D eigenvalue weighted by Gasteiger charge is 2.77. The van der Waals surface area contributed by atoms with Crippen LogP contribution >= 0.6 is 0 Å². The first-order chi connectivity index (χ1) is 15.6. The Kier molecular flexibility index (Phi) is 5.02. The molecule has 7 nitrogen and oxygen atoms in total. The molecule has 1 saturated heterocycles. The Bertz CT molecular complexity index is 872. The number of rotatable bonds is 4. The van der Waals surface area contributed by atoms with Gasteiger partial charge in [-0.05, 0) is 68.1 Å². The molecule has 5 aliphatic carbocycles. The van der Waals surface area contributed by atoms with Crippen LogP contribution in [0.1, 0.15) is 75.7 Å². The Morgan fingerprint density at radius 3 is 2.78 bits per heavy atom. The number of nitrogens with one attached hydrogen (secondary N) is 1. The molecule has 5 saturated carbocycles. The van der Waals surface area contributed by atoms with Crippen LogP contribution in [-0.2, 0) is 14.5 Å². The van der Waals surface area contributed by atoms with Gasteiger partial charge in [0.2, 0.25) is 11.6 Å². The number of amides is 1. The molecule has 3 spiro atoms. The van der Waals surface area contributed by atoms with Crippen LogP contribution in [0.25, 0.3) is 0 Å². The van der Waals surface area contributed by atoms with E-state index < -0.39 is 17.7 Å². The summed E-state index contributed by atoms with van der Waals surface area (Å²) in [6.07, 6.45) is 10.9. The van der Waals surface area contributed by atoms with Gasteiger partial charge in [0.1, 0.15) is 5.75 Å². The van der Waals surface area contributed by atoms with Crippen LogP contribution in [0.3, 0.4) is 0 Å². The third kappa shape index (κ3) is 3.20. The zero-order valence-electron chi connectivity index (χ0n) is 18.6. The van der Waals surface area contributed by atoms with E-state index in [4.69, 9.17) is 25.0 Å². The summed E-state index contributed by atoms with van der Waals surface area (Å²) in [5.74, 6) is 1.07. The fraction of sp³-hybridized carbons (Fsp3) is 0.720. The van der Waals surface area contributed by atoms with Crippen LogP contribution in [0, 0.1) is 17.3 Å². The van der Waals surface area contributed by atoms with Gasteiger partial charge < -0.3 is 20.5 Å². The first kappa shape index (κ1) is 20.9. The van der Waals surface area contributed by atoms with Gasteiger partial charge in [-0.15, -0.1) is 0 Å². The van der Waals surface area contributed by atoms with Gasteiger partial charge >= 0.3 is 6.09 Å². The number of carbonyl (C=O) groups is 1. The second-order valence-electron chi connectivity index (χ2n) is 10.7. The molecular weight excluding hydrogens is 408 g/mol. The molecule has 1 aromatic rings. The lowest BCUT2D eigenvalue weighted by molar-refractivity contribution is -0.437. The molecule has 6 aliphatic rings. The van der Waals surface area contributed by atoms with Gasteiger partial charge in [0.15, 0.2) is 0 Å². The van der Waals surface area contributed by atoms with Crippen LogP contribution in [0.5, 0.6) is 5.75 Å². The molecule has 7 rings (SSSR count). The minimum Gasteiger partial charge on any atom is -0.410 e. The molecule has 6 atom stereocenters. The first-order valence-corrected chi connectivity index (χ1v) is 12.4. The first-order valence-electron chi connectivity index (χ1n) is 12.4. The molecule has 6 unspecified atom stereocenters. The zero-order valence-corrected chi connectivity index (χ0v) is 18.6. The average molecular weight is 443 g/mol. The summed E-state index contributed by atoms with van der Waals surface area (Å²) in [5.41, 5.74) is 6.80.